The molecule has 190 valence electrons. The van der Waals surface area contributed by atoms with E-state index in [2.05, 4.69) is 39.4 Å². The van der Waals surface area contributed by atoms with E-state index in [1.165, 1.54) is 6.07 Å². The first-order chi connectivity index (χ1) is 18.1. The third-order valence-electron chi connectivity index (χ3n) is 6.79. The highest BCUT2D eigenvalue weighted by Gasteiger charge is 2.23. The number of benzene rings is 3. The van der Waals surface area contributed by atoms with E-state index < -0.39 is 0 Å². The van der Waals surface area contributed by atoms with E-state index in [0.29, 0.717) is 25.2 Å². The van der Waals surface area contributed by atoms with Gasteiger partial charge in [0.2, 0.25) is 5.91 Å². The van der Waals surface area contributed by atoms with E-state index in [1.54, 1.807) is 6.07 Å². The predicted octanol–water partition coefficient (Wildman–Crippen LogP) is 4.60. The lowest BCUT2D eigenvalue weighted by Gasteiger charge is -2.34. The van der Waals surface area contributed by atoms with Crippen LogP contribution < -0.4 is 5.32 Å². The zero-order chi connectivity index (χ0) is 25.6. The van der Waals surface area contributed by atoms with Gasteiger partial charge in [0.05, 0.1) is 24.1 Å². The number of hydrogen-bond donors (Lipinski definition) is 1. The fourth-order valence-electron chi connectivity index (χ4n) is 4.86. The highest BCUT2D eigenvalue weighted by atomic mass is 19.1. The van der Waals surface area contributed by atoms with E-state index in [9.17, 15) is 4.79 Å². The molecule has 0 bridgehead atoms. The second kappa shape index (κ2) is 11.5. The third-order valence-corrected chi connectivity index (χ3v) is 6.79. The van der Waals surface area contributed by atoms with Gasteiger partial charge >= 0.3 is 0 Å². The molecule has 1 aliphatic rings. The average Bonchev–Trinajstić information content (AvgIpc) is 3.34. The van der Waals surface area contributed by atoms with Gasteiger partial charge in [-0.3, -0.25) is 14.6 Å². The molecule has 0 radical (unpaired) electrons. The third kappa shape index (κ3) is 5.79. The second-order valence-corrected chi connectivity index (χ2v) is 9.33. The van der Waals surface area contributed by atoms with Crippen molar-refractivity contribution in [1.29, 1.82) is 0 Å². The van der Waals surface area contributed by atoms with Crippen molar-refractivity contribution >= 4 is 5.91 Å². The van der Waals surface area contributed by atoms with E-state index >= 15 is 4.39 Å². The minimum Gasteiger partial charge on any atom is -0.355 e. The van der Waals surface area contributed by atoms with Gasteiger partial charge in [0.1, 0.15) is 5.82 Å². The van der Waals surface area contributed by atoms with Crippen molar-refractivity contribution < 1.29 is 9.18 Å². The number of nitrogens with one attached hydrogen (secondary N) is 1. The smallest absolute Gasteiger partial charge is 0.234 e. The van der Waals surface area contributed by atoms with Gasteiger partial charge in [-0.25, -0.2) is 9.07 Å². The Hall–Kier alpha value is -3.81. The summed E-state index contributed by atoms with van der Waals surface area (Å²) in [5, 5.41) is 7.57. The van der Waals surface area contributed by atoms with Crippen molar-refractivity contribution in [2.24, 2.45) is 0 Å². The van der Waals surface area contributed by atoms with Crippen LogP contribution >= 0.6 is 0 Å². The largest absolute Gasteiger partial charge is 0.355 e. The molecule has 1 saturated heterocycles. The number of aromatic nitrogens is 2. The van der Waals surface area contributed by atoms with Crippen LogP contribution in [0.1, 0.15) is 12.5 Å². The minimum atomic E-state index is -0.266. The van der Waals surface area contributed by atoms with Gasteiger partial charge in [0.25, 0.3) is 0 Å². The van der Waals surface area contributed by atoms with Gasteiger partial charge in [0, 0.05) is 50.4 Å². The van der Waals surface area contributed by atoms with Gasteiger partial charge in [-0.2, -0.15) is 5.10 Å². The Morgan fingerprint density at radius 1 is 0.865 bits per heavy atom. The molecule has 1 aliphatic heterocycles. The molecule has 37 heavy (non-hydrogen) atoms. The van der Waals surface area contributed by atoms with Gasteiger partial charge in [0.15, 0.2) is 0 Å². The Morgan fingerprint density at radius 3 is 2.22 bits per heavy atom. The SMILES string of the molecule is CCNC(=O)CN1CCN(Cc2cnn(-c3ccc(-c4ccccc4)cc3)c2-c2ccccc2F)CC1. The molecule has 1 N–H and O–H groups in total. The highest BCUT2D eigenvalue weighted by Crippen LogP contribution is 2.31. The fourth-order valence-corrected chi connectivity index (χ4v) is 4.86. The first-order valence-electron chi connectivity index (χ1n) is 12.8. The van der Waals surface area contributed by atoms with Crippen molar-refractivity contribution in [3.8, 4) is 28.1 Å². The molecule has 0 saturated carbocycles. The second-order valence-electron chi connectivity index (χ2n) is 9.33. The molecule has 1 amide bonds. The minimum absolute atomic E-state index is 0.0670. The summed E-state index contributed by atoms with van der Waals surface area (Å²) in [6, 6.07) is 25.3. The lowest BCUT2D eigenvalue weighted by Crippen LogP contribution is -2.49. The number of carbonyl (C=O) groups excluding carboxylic acids is 1. The molecule has 1 fully saturated rings. The summed E-state index contributed by atoms with van der Waals surface area (Å²) >= 11 is 0. The number of likely N-dealkylation sites (N-methyl/N-ethyl adjacent to an activating group) is 1. The predicted molar refractivity (Wildman–Crippen MR) is 145 cm³/mol. The van der Waals surface area contributed by atoms with Crippen molar-refractivity contribution in [2.75, 3.05) is 39.3 Å². The van der Waals surface area contributed by atoms with Gasteiger partial charge in [-0.05, 0) is 42.3 Å². The number of halogens is 1. The summed E-state index contributed by atoms with van der Waals surface area (Å²) in [7, 11) is 0. The molecule has 6 nitrogen and oxygen atoms in total. The highest BCUT2D eigenvalue weighted by molar-refractivity contribution is 5.78. The van der Waals surface area contributed by atoms with Crippen LogP contribution in [0.2, 0.25) is 0 Å². The van der Waals surface area contributed by atoms with Crippen LogP contribution in [0.15, 0.2) is 85.1 Å². The molecule has 4 aromatic rings. The summed E-state index contributed by atoms with van der Waals surface area (Å²) in [4.78, 5) is 16.5. The van der Waals surface area contributed by atoms with Crippen LogP contribution in [0.25, 0.3) is 28.1 Å². The van der Waals surface area contributed by atoms with Crippen LogP contribution in [0.4, 0.5) is 4.39 Å². The Kier molecular flexibility index (Phi) is 7.73. The number of piperazine rings is 1. The normalized spacial score (nSPS) is 14.5. The van der Waals surface area contributed by atoms with E-state index in [-0.39, 0.29) is 11.7 Å². The molecule has 1 aromatic heterocycles. The molecule has 0 aliphatic carbocycles. The van der Waals surface area contributed by atoms with Gasteiger partial charge < -0.3 is 5.32 Å². The topological polar surface area (TPSA) is 53.4 Å². The summed E-state index contributed by atoms with van der Waals surface area (Å²) in [5.41, 5.74) is 5.45. The zero-order valence-electron chi connectivity index (χ0n) is 21.1. The average molecular weight is 498 g/mol. The molecule has 0 atom stereocenters. The molecular weight excluding hydrogens is 465 g/mol. The number of rotatable bonds is 8. The van der Waals surface area contributed by atoms with E-state index in [0.717, 1.165) is 54.3 Å². The van der Waals surface area contributed by atoms with Crippen LogP contribution in [0, 0.1) is 5.82 Å². The molecule has 5 rings (SSSR count). The van der Waals surface area contributed by atoms with Crippen molar-refractivity contribution in [2.45, 2.75) is 13.5 Å². The first-order valence-corrected chi connectivity index (χ1v) is 12.8. The maximum Gasteiger partial charge on any atom is 0.234 e. The summed E-state index contributed by atoms with van der Waals surface area (Å²) in [6.45, 7) is 7.00. The Labute approximate surface area is 217 Å². The van der Waals surface area contributed by atoms with Crippen LogP contribution in [0.3, 0.4) is 0 Å². The van der Waals surface area contributed by atoms with Gasteiger partial charge in [-0.15, -0.1) is 0 Å². The van der Waals surface area contributed by atoms with Crippen LogP contribution in [-0.4, -0.2) is 64.8 Å². The Bertz CT molecular complexity index is 1330. The van der Waals surface area contributed by atoms with Crippen LogP contribution in [0.5, 0.6) is 0 Å². The maximum absolute atomic E-state index is 15.0. The monoisotopic (exact) mass is 497 g/mol. The van der Waals surface area contributed by atoms with Gasteiger partial charge in [-0.1, -0.05) is 54.6 Å². The molecule has 2 heterocycles. The molecule has 0 spiro atoms. The molecule has 7 heteroatoms. The number of nitrogens with zero attached hydrogens (tertiary/aromatic N) is 4. The van der Waals surface area contributed by atoms with Crippen LogP contribution in [-0.2, 0) is 11.3 Å². The zero-order valence-corrected chi connectivity index (χ0v) is 21.1. The molecule has 0 unspecified atom stereocenters. The van der Waals surface area contributed by atoms with Crippen molar-refractivity contribution in [1.82, 2.24) is 24.9 Å². The lowest BCUT2D eigenvalue weighted by atomic mass is 10.0. The summed E-state index contributed by atoms with van der Waals surface area (Å²) in [6.07, 6.45) is 1.86. The first kappa shape index (κ1) is 24.9. The standard InChI is InChI=1S/C30H32FN5O/c1-2-32-29(37)22-35-18-16-34(17-19-35)21-25-20-33-36(30(25)27-10-6-7-11-28(27)31)26-14-12-24(13-15-26)23-8-4-3-5-9-23/h3-15,20H,2,16-19,21-22H2,1H3,(H,32,37). The number of hydrogen-bond acceptors (Lipinski definition) is 4. The summed E-state index contributed by atoms with van der Waals surface area (Å²) < 4.78 is 16.9. The molecular formula is C30H32FN5O. The molecule has 3 aromatic carbocycles. The number of amides is 1. The van der Waals surface area contributed by atoms with Crippen molar-refractivity contribution in [3.05, 3.63) is 96.4 Å². The Balaban J connectivity index is 1.39. The number of carbonyl (C=O) groups is 1. The lowest BCUT2D eigenvalue weighted by molar-refractivity contribution is -0.122. The maximum atomic E-state index is 15.0. The summed E-state index contributed by atoms with van der Waals surface area (Å²) in [5.74, 6) is -0.199. The Morgan fingerprint density at radius 2 is 1.51 bits per heavy atom. The van der Waals surface area contributed by atoms with E-state index in [4.69, 9.17) is 5.10 Å². The van der Waals surface area contributed by atoms with E-state index in [1.807, 2.05) is 60.3 Å². The fraction of sp³-hybridized carbons (Fsp3) is 0.267. The van der Waals surface area contributed by atoms with Crippen molar-refractivity contribution in [3.63, 3.8) is 0 Å². The quantitative estimate of drug-likeness (QED) is 0.387.